The van der Waals surface area contributed by atoms with Gasteiger partial charge >= 0.3 is 5.97 Å². The highest BCUT2D eigenvalue weighted by Gasteiger charge is 2.34. The van der Waals surface area contributed by atoms with Crippen molar-refractivity contribution in [1.82, 2.24) is 0 Å². The first-order valence-electron chi connectivity index (χ1n) is 10.5. The van der Waals surface area contributed by atoms with Crippen LogP contribution in [0.25, 0.3) is 11.1 Å². The highest BCUT2D eigenvalue weighted by Crippen LogP contribution is 2.37. The second-order valence-corrected chi connectivity index (χ2v) is 11.1. The third-order valence-corrected chi connectivity index (χ3v) is 8.06. The van der Waals surface area contributed by atoms with E-state index in [2.05, 4.69) is 19.1 Å². The zero-order chi connectivity index (χ0) is 21.4. The molecule has 0 aromatic heterocycles. The van der Waals surface area contributed by atoms with Crippen LogP contribution in [0.1, 0.15) is 47.7 Å². The van der Waals surface area contributed by atoms with E-state index < -0.39 is 9.84 Å². The molecule has 160 valence electrons. The number of esters is 1. The SMILES string of the molecule is COC(=O)c1ccc2c(c1)-c1ccc(OCC3(C)CCS(=O)(=O)CC3)cc1CCC2. The first kappa shape index (κ1) is 20.9. The van der Waals surface area contributed by atoms with Crippen LogP contribution in [0.5, 0.6) is 5.75 Å². The van der Waals surface area contributed by atoms with Crippen molar-refractivity contribution in [2.24, 2.45) is 5.41 Å². The van der Waals surface area contributed by atoms with Crippen molar-refractivity contribution in [2.75, 3.05) is 25.2 Å². The fourth-order valence-corrected chi connectivity index (χ4v) is 6.13. The molecule has 1 saturated heterocycles. The maximum absolute atomic E-state index is 12.0. The van der Waals surface area contributed by atoms with E-state index in [-0.39, 0.29) is 22.9 Å². The van der Waals surface area contributed by atoms with Crippen molar-refractivity contribution in [3.8, 4) is 16.9 Å². The molecule has 1 fully saturated rings. The fourth-order valence-electron chi connectivity index (χ4n) is 4.32. The summed E-state index contributed by atoms with van der Waals surface area (Å²) in [6.45, 7) is 2.63. The molecular formula is C24H28O5S. The molecule has 0 saturated carbocycles. The lowest BCUT2D eigenvalue weighted by molar-refractivity contribution is 0.0600. The van der Waals surface area contributed by atoms with Gasteiger partial charge in [0.25, 0.3) is 0 Å². The molecule has 1 aliphatic heterocycles. The molecule has 0 spiro atoms. The van der Waals surface area contributed by atoms with E-state index in [0.29, 0.717) is 25.0 Å². The number of methoxy groups -OCH3 is 1. The molecule has 0 amide bonds. The standard InChI is InChI=1S/C24H28O5S/c1-24(10-12-30(26,27)13-11-24)16-29-20-8-9-21-18(14-20)5-3-4-17-6-7-19(15-22(17)21)23(25)28-2/h6-9,14-15H,3-5,10-13,16H2,1-2H3. The second kappa shape index (κ2) is 8.06. The second-order valence-electron chi connectivity index (χ2n) is 8.79. The van der Waals surface area contributed by atoms with Crippen LogP contribution >= 0.6 is 0 Å². The van der Waals surface area contributed by atoms with Gasteiger partial charge in [-0.25, -0.2) is 13.2 Å². The average molecular weight is 429 g/mol. The zero-order valence-electron chi connectivity index (χ0n) is 17.6. The largest absolute Gasteiger partial charge is 0.493 e. The number of fused-ring (bicyclic) bond motifs is 3. The van der Waals surface area contributed by atoms with Gasteiger partial charge in [0.2, 0.25) is 0 Å². The van der Waals surface area contributed by atoms with E-state index in [1.54, 1.807) is 0 Å². The highest BCUT2D eigenvalue weighted by molar-refractivity contribution is 7.91. The molecule has 2 aromatic rings. The van der Waals surface area contributed by atoms with Crippen LogP contribution in [-0.4, -0.2) is 39.6 Å². The van der Waals surface area contributed by atoms with Gasteiger partial charge in [0.05, 0.1) is 30.8 Å². The van der Waals surface area contributed by atoms with Crippen LogP contribution in [0.4, 0.5) is 0 Å². The van der Waals surface area contributed by atoms with Crippen molar-refractivity contribution in [2.45, 2.75) is 39.0 Å². The number of carbonyl (C=O) groups is 1. The minimum atomic E-state index is -2.88. The highest BCUT2D eigenvalue weighted by atomic mass is 32.2. The lowest BCUT2D eigenvalue weighted by Gasteiger charge is -2.33. The average Bonchev–Trinajstić information content (AvgIpc) is 2.92. The lowest BCUT2D eigenvalue weighted by Crippen LogP contribution is -2.35. The number of aryl methyl sites for hydroxylation is 2. The molecule has 2 aliphatic rings. The summed E-state index contributed by atoms with van der Waals surface area (Å²) in [5.41, 5.74) is 5.12. The monoisotopic (exact) mass is 428 g/mol. The van der Waals surface area contributed by atoms with Gasteiger partial charge in [-0.1, -0.05) is 19.1 Å². The molecule has 1 heterocycles. The smallest absolute Gasteiger partial charge is 0.337 e. The molecule has 0 atom stereocenters. The van der Waals surface area contributed by atoms with Gasteiger partial charge in [-0.3, -0.25) is 0 Å². The zero-order valence-corrected chi connectivity index (χ0v) is 18.4. The Bertz CT molecular complexity index is 1060. The fraction of sp³-hybridized carbons (Fsp3) is 0.458. The van der Waals surface area contributed by atoms with Crippen LogP contribution in [0.15, 0.2) is 36.4 Å². The van der Waals surface area contributed by atoms with Gasteiger partial charge < -0.3 is 9.47 Å². The Balaban J connectivity index is 1.55. The van der Waals surface area contributed by atoms with E-state index in [1.807, 2.05) is 24.3 Å². The Hall–Kier alpha value is -2.34. The lowest BCUT2D eigenvalue weighted by atomic mass is 9.85. The molecule has 0 unspecified atom stereocenters. The van der Waals surface area contributed by atoms with Crippen molar-refractivity contribution in [3.05, 3.63) is 53.1 Å². The summed E-state index contributed by atoms with van der Waals surface area (Å²) in [7, 11) is -1.48. The van der Waals surface area contributed by atoms with Gasteiger partial charge in [-0.2, -0.15) is 0 Å². The van der Waals surface area contributed by atoms with Gasteiger partial charge in [0, 0.05) is 5.41 Å². The maximum Gasteiger partial charge on any atom is 0.337 e. The molecule has 0 radical (unpaired) electrons. The minimum Gasteiger partial charge on any atom is -0.493 e. The predicted octanol–water partition coefficient (Wildman–Crippen LogP) is 4.22. The van der Waals surface area contributed by atoms with E-state index >= 15 is 0 Å². The van der Waals surface area contributed by atoms with Gasteiger partial charge in [0.1, 0.15) is 15.6 Å². The van der Waals surface area contributed by atoms with E-state index in [1.165, 1.54) is 18.2 Å². The van der Waals surface area contributed by atoms with Crippen molar-refractivity contribution >= 4 is 15.8 Å². The molecule has 5 nitrogen and oxygen atoms in total. The molecule has 30 heavy (non-hydrogen) atoms. The number of carbonyl (C=O) groups excluding carboxylic acids is 1. The van der Waals surface area contributed by atoms with Crippen molar-refractivity contribution in [1.29, 1.82) is 0 Å². The topological polar surface area (TPSA) is 69.7 Å². The molecule has 1 aliphatic carbocycles. The molecule has 2 aromatic carbocycles. The quantitative estimate of drug-likeness (QED) is 0.682. The van der Waals surface area contributed by atoms with Crippen LogP contribution in [0, 0.1) is 5.41 Å². The van der Waals surface area contributed by atoms with Crippen LogP contribution < -0.4 is 4.74 Å². The first-order valence-corrected chi connectivity index (χ1v) is 12.3. The molecular weight excluding hydrogens is 400 g/mol. The Labute approximate surface area is 178 Å². The predicted molar refractivity (Wildman–Crippen MR) is 117 cm³/mol. The third-order valence-electron chi connectivity index (χ3n) is 6.41. The number of hydrogen-bond acceptors (Lipinski definition) is 5. The van der Waals surface area contributed by atoms with Crippen molar-refractivity contribution < 1.29 is 22.7 Å². The Morgan fingerprint density at radius 1 is 1.00 bits per heavy atom. The van der Waals surface area contributed by atoms with Gasteiger partial charge in [0.15, 0.2) is 0 Å². The summed E-state index contributed by atoms with van der Waals surface area (Å²) < 4.78 is 34.4. The summed E-state index contributed by atoms with van der Waals surface area (Å²) in [4.78, 5) is 12.0. The first-order chi connectivity index (χ1) is 14.3. The Morgan fingerprint density at radius 3 is 2.47 bits per heavy atom. The van der Waals surface area contributed by atoms with Crippen LogP contribution in [-0.2, 0) is 27.4 Å². The summed E-state index contributed by atoms with van der Waals surface area (Å²) in [6, 6.07) is 11.9. The molecule has 0 N–H and O–H groups in total. The number of hydrogen-bond donors (Lipinski definition) is 0. The Morgan fingerprint density at radius 2 is 1.73 bits per heavy atom. The molecule has 0 bridgehead atoms. The minimum absolute atomic E-state index is 0.111. The van der Waals surface area contributed by atoms with E-state index in [0.717, 1.165) is 36.1 Å². The third kappa shape index (κ3) is 4.38. The number of ether oxygens (including phenoxy) is 2. The number of rotatable bonds is 4. The molecule has 4 rings (SSSR count). The van der Waals surface area contributed by atoms with Gasteiger partial charge in [-0.05, 0) is 78.6 Å². The summed E-state index contributed by atoms with van der Waals surface area (Å²) in [6.07, 6.45) is 4.24. The maximum atomic E-state index is 12.0. The van der Waals surface area contributed by atoms with E-state index in [9.17, 15) is 13.2 Å². The van der Waals surface area contributed by atoms with Gasteiger partial charge in [-0.15, -0.1) is 0 Å². The van der Waals surface area contributed by atoms with Crippen molar-refractivity contribution in [3.63, 3.8) is 0 Å². The number of sulfone groups is 1. The van der Waals surface area contributed by atoms with Crippen LogP contribution in [0.3, 0.4) is 0 Å². The normalized spacial score (nSPS) is 19.1. The summed E-state index contributed by atoms with van der Waals surface area (Å²) >= 11 is 0. The molecule has 6 heteroatoms. The van der Waals surface area contributed by atoms with Crippen LogP contribution in [0.2, 0.25) is 0 Å². The number of benzene rings is 2. The summed E-state index contributed by atoms with van der Waals surface area (Å²) in [5.74, 6) is 0.981. The summed E-state index contributed by atoms with van der Waals surface area (Å²) in [5, 5.41) is 0. The van der Waals surface area contributed by atoms with E-state index in [4.69, 9.17) is 9.47 Å². The Kier molecular flexibility index (Phi) is 5.62.